The minimum atomic E-state index is -0.345. The van der Waals surface area contributed by atoms with Gasteiger partial charge in [0, 0.05) is 12.6 Å². The normalized spacial score (nSPS) is 11.7. The van der Waals surface area contributed by atoms with E-state index in [1.54, 1.807) is 48.1 Å². The summed E-state index contributed by atoms with van der Waals surface area (Å²) in [5, 5.41) is 5.55. The van der Waals surface area contributed by atoms with Gasteiger partial charge in [-0.25, -0.2) is 14.4 Å². The first-order chi connectivity index (χ1) is 13.5. The molecule has 0 aliphatic rings. The molecule has 1 aromatic carbocycles. The van der Waals surface area contributed by atoms with Crippen LogP contribution in [0.1, 0.15) is 42.4 Å². The molecule has 2 heterocycles. The first kappa shape index (κ1) is 19.2. The van der Waals surface area contributed by atoms with Crippen LogP contribution >= 0.6 is 0 Å². The monoisotopic (exact) mass is 381 g/mol. The van der Waals surface area contributed by atoms with Gasteiger partial charge in [0.25, 0.3) is 5.91 Å². The zero-order valence-corrected chi connectivity index (χ0v) is 15.5. The molecule has 2 amide bonds. The van der Waals surface area contributed by atoms with E-state index in [1.165, 1.54) is 18.5 Å². The molecule has 0 bridgehead atoms. The number of rotatable bonds is 6. The van der Waals surface area contributed by atoms with E-state index in [1.807, 2.05) is 6.92 Å². The fraction of sp³-hybridized carbons (Fsp3) is 0.200. The topological polar surface area (TPSA) is 88.9 Å². The number of nitrogens with zero attached hydrogens (tertiary/aromatic N) is 3. The van der Waals surface area contributed by atoms with Gasteiger partial charge < -0.3 is 10.6 Å². The highest BCUT2D eigenvalue weighted by Crippen LogP contribution is 2.14. The van der Waals surface area contributed by atoms with Crippen molar-refractivity contribution in [2.24, 2.45) is 0 Å². The molecule has 0 aliphatic heterocycles. The van der Waals surface area contributed by atoms with Crippen LogP contribution in [0.25, 0.3) is 5.82 Å². The van der Waals surface area contributed by atoms with Crippen molar-refractivity contribution in [3.05, 3.63) is 72.2 Å². The summed E-state index contributed by atoms with van der Waals surface area (Å²) in [5.41, 5.74) is 1.63. The van der Waals surface area contributed by atoms with Crippen molar-refractivity contribution >= 4 is 17.5 Å². The summed E-state index contributed by atoms with van der Waals surface area (Å²) in [5.74, 6) is -0.199. The first-order valence-electron chi connectivity index (χ1n) is 8.83. The Balaban J connectivity index is 1.66. The van der Waals surface area contributed by atoms with Gasteiger partial charge >= 0.3 is 0 Å². The third kappa shape index (κ3) is 4.59. The number of hydrogen-bond acceptors (Lipinski definition) is 4. The van der Waals surface area contributed by atoms with E-state index < -0.39 is 0 Å². The number of nitrogens with one attached hydrogen (secondary N) is 2. The van der Waals surface area contributed by atoms with Crippen LogP contribution in [0.5, 0.6) is 0 Å². The highest BCUT2D eigenvalue weighted by Gasteiger charge is 2.14. The molecule has 0 saturated heterocycles. The second-order valence-corrected chi connectivity index (χ2v) is 6.22. The van der Waals surface area contributed by atoms with Crippen molar-refractivity contribution in [2.45, 2.75) is 26.3 Å². The molecular weight excluding hydrogens is 361 g/mol. The molecule has 0 spiro atoms. The molecule has 0 aliphatic carbocycles. The van der Waals surface area contributed by atoms with Crippen molar-refractivity contribution in [1.82, 2.24) is 19.9 Å². The third-order valence-electron chi connectivity index (χ3n) is 4.15. The molecule has 2 aromatic heterocycles. The Bertz CT molecular complexity index is 967. The zero-order valence-electron chi connectivity index (χ0n) is 15.5. The van der Waals surface area contributed by atoms with E-state index in [2.05, 4.69) is 20.6 Å². The Morgan fingerprint density at radius 1 is 1.14 bits per heavy atom. The van der Waals surface area contributed by atoms with E-state index in [4.69, 9.17) is 0 Å². The van der Waals surface area contributed by atoms with Gasteiger partial charge in [0.1, 0.15) is 23.7 Å². The van der Waals surface area contributed by atoms with Crippen molar-refractivity contribution in [1.29, 1.82) is 0 Å². The minimum Gasteiger partial charge on any atom is -0.344 e. The molecule has 3 rings (SSSR count). The molecule has 8 heteroatoms. The Hall–Kier alpha value is -3.55. The average molecular weight is 381 g/mol. The van der Waals surface area contributed by atoms with Crippen molar-refractivity contribution in [3.63, 3.8) is 0 Å². The molecule has 28 heavy (non-hydrogen) atoms. The van der Waals surface area contributed by atoms with Crippen molar-refractivity contribution in [2.75, 3.05) is 5.32 Å². The predicted molar refractivity (Wildman–Crippen MR) is 103 cm³/mol. The van der Waals surface area contributed by atoms with Gasteiger partial charge in [-0.05, 0) is 36.8 Å². The van der Waals surface area contributed by atoms with Gasteiger partial charge in [-0.1, -0.05) is 19.1 Å². The molecular formula is C20H20FN5O2. The molecule has 1 atom stereocenters. The van der Waals surface area contributed by atoms with Crippen LogP contribution in [-0.2, 0) is 4.79 Å². The third-order valence-corrected chi connectivity index (χ3v) is 4.15. The lowest BCUT2D eigenvalue weighted by atomic mass is 10.1. The molecule has 7 nitrogen and oxygen atoms in total. The van der Waals surface area contributed by atoms with E-state index in [-0.39, 0.29) is 29.4 Å². The average Bonchev–Trinajstić information content (AvgIpc) is 3.19. The number of amides is 2. The van der Waals surface area contributed by atoms with Crippen LogP contribution in [0, 0.1) is 5.82 Å². The maximum absolute atomic E-state index is 13.0. The molecule has 2 N–H and O–H groups in total. The van der Waals surface area contributed by atoms with Gasteiger partial charge in [-0.3, -0.25) is 14.2 Å². The maximum atomic E-state index is 13.0. The van der Waals surface area contributed by atoms with E-state index >= 15 is 0 Å². The van der Waals surface area contributed by atoms with Crippen molar-refractivity contribution < 1.29 is 14.0 Å². The van der Waals surface area contributed by atoms with Gasteiger partial charge in [0.2, 0.25) is 5.91 Å². The van der Waals surface area contributed by atoms with Crippen LogP contribution in [0.2, 0.25) is 0 Å². The smallest absolute Gasteiger partial charge is 0.271 e. The highest BCUT2D eigenvalue weighted by atomic mass is 19.1. The van der Waals surface area contributed by atoms with E-state index in [0.717, 1.165) is 5.56 Å². The Morgan fingerprint density at radius 2 is 1.89 bits per heavy atom. The standard InChI is InChI=1S/C20H20FN5O2/c1-3-19(27)25-16-8-9-18(22-10-16)26-11-17(23-12-26)20(28)24-13(2)14-4-6-15(21)7-5-14/h4-13H,3H2,1-2H3,(H,24,28)(H,25,27)/t13-/m0/s1. The number of halogens is 1. The number of imidazole rings is 1. The number of benzene rings is 1. The number of anilines is 1. The highest BCUT2D eigenvalue weighted by molar-refractivity contribution is 5.92. The number of carbonyl (C=O) groups is 2. The number of hydrogen-bond donors (Lipinski definition) is 2. The van der Waals surface area contributed by atoms with Gasteiger partial charge in [0.05, 0.1) is 17.9 Å². The number of pyridine rings is 1. The van der Waals surface area contributed by atoms with Crippen LogP contribution in [-0.4, -0.2) is 26.3 Å². The summed E-state index contributed by atoms with van der Waals surface area (Å²) in [6, 6.07) is 9.11. The predicted octanol–water partition coefficient (Wildman–Crippen LogP) is 3.25. The lowest BCUT2D eigenvalue weighted by Crippen LogP contribution is -2.26. The molecule has 0 radical (unpaired) electrons. The van der Waals surface area contributed by atoms with Crippen molar-refractivity contribution in [3.8, 4) is 5.82 Å². The Labute approximate surface area is 161 Å². The fourth-order valence-corrected chi connectivity index (χ4v) is 2.53. The second kappa shape index (κ2) is 8.43. The van der Waals surface area contributed by atoms with Crippen LogP contribution in [0.15, 0.2) is 55.1 Å². The molecule has 3 aromatic rings. The van der Waals surface area contributed by atoms with Crippen LogP contribution < -0.4 is 10.6 Å². The summed E-state index contributed by atoms with van der Waals surface area (Å²) >= 11 is 0. The van der Waals surface area contributed by atoms with Crippen LogP contribution in [0.4, 0.5) is 10.1 Å². The van der Waals surface area contributed by atoms with Gasteiger partial charge in [-0.15, -0.1) is 0 Å². The quantitative estimate of drug-likeness (QED) is 0.686. The summed E-state index contributed by atoms with van der Waals surface area (Å²) in [7, 11) is 0. The lowest BCUT2D eigenvalue weighted by Gasteiger charge is -2.13. The molecule has 144 valence electrons. The first-order valence-corrected chi connectivity index (χ1v) is 8.83. The SMILES string of the molecule is CCC(=O)Nc1ccc(-n2cnc(C(=O)N[C@@H](C)c3ccc(F)cc3)c2)nc1. The zero-order chi connectivity index (χ0) is 20.1. The summed E-state index contributed by atoms with van der Waals surface area (Å²) in [4.78, 5) is 32.2. The van der Waals surface area contributed by atoms with E-state index in [9.17, 15) is 14.0 Å². The summed E-state index contributed by atoms with van der Waals surface area (Å²) in [6.07, 6.45) is 4.99. The maximum Gasteiger partial charge on any atom is 0.271 e. The van der Waals surface area contributed by atoms with Crippen LogP contribution in [0.3, 0.4) is 0 Å². The van der Waals surface area contributed by atoms with Gasteiger partial charge in [0.15, 0.2) is 0 Å². The molecule has 0 saturated carbocycles. The largest absolute Gasteiger partial charge is 0.344 e. The minimum absolute atomic E-state index is 0.0913. The molecule has 0 unspecified atom stereocenters. The number of carbonyl (C=O) groups excluding carboxylic acids is 2. The summed E-state index contributed by atoms with van der Waals surface area (Å²) < 4.78 is 14.6. The fourth-order valence-electron chi connectivity index (χ4n) is 2.53. The second-order valence-electron chi connectivity index (χ2n) is 6.22. The number of aromatic nitrogens is 3. The Kier molecular flexibility index (Phi) is 5.78. The Morgan fingerprint density at radius 3 is 2.54 bits per heavy atom. The van der Waals surface area contributed by atoms with Gasteiger partial charge in [-0.2, -0.15) is 0 Å². The summed E-state index contributed by atoms with van der Waals surface area (Å²) in [6.45, 7) is 3.58. The molecule has 0 fully saturated rings. The lowest BCUT2D eigenvalue weighted by molar-refractivity contribution is -0.115. The van der Waals surface area contributed by atoms with E-state index in [0.29, 0.717) is 17.9 Å².